The molecule has 0 fully saturated rings. The number of nitrogens with zero attached hydrogens (tertiary/aromatic N) is 2. The molecule has 1 N–H and O–H groups in total. The molecule has 2 aromatic carbocycles. The third-order valence-corrected chi connectivity index (χ3v) is 5.76. The Morgan fingerprint density at radius 3 is 2.47 bits per heavy atom. The fourth-order valence-corrected chi connectivity index (χ4v) is 3.99. The maximum atomic E-state index is 12.6. The van der Waals surface area contributed by atoms with Crippen molar-refractivity contribution in [2.24, 2.45) is 0 Å². The van der Waals surface area contributed by atoms with Gasteiger partial charge in [-0.05, 0) is 80.6 Å². The molecule has 3 rings (SSSR count). The van der Waals surface area contributed by atoms with Crippen LogP contribution >= 0.6 is 0 Å². The number of benzene rings is 2. The highest BCUT2D eigenvalue weighted by Crippen LogP contribution is 2.25. The van der Waals surface area contributed by atoms with Gasteiger partial charge in [0.15, 0.2) is 0 Å². The van der Waals surface area contributed by atoms with Crippen LogP contribution in [-0.4, -0.2) is 30.1 Å². The summed E-state index contributed by atoms with van der Waals surface area (Å²) in [6.07, 6.45) is 3.29. The van der Waals surface area contributed by atoms with Gasteiger partial charge in [-0.25, -0.2) is 4.79 Å². The third kappa shape index (κ3) is 5.62. The van der Waals surface area contributed by atoms with Crippen molar-refractivity contribution in [3.8, 4) is 11.8 Å². The second kappa shape index (κ2) is 11.2. The summed E-state index contributed by atoms with van der Waals surface area (Å²) < 4.78 is 6.85. The van der Waals surface area contributed by atoms with E-state index in [1.54, 1.807) is 18.2 Å². The van der Waals surface area contributed by atoms with E-state index in [-0.39, 0.29) is 17.4 Å². The summed E-state index contributed by atoms with van der Waals surface area (Å²) in [6, 6.07) is 19.5. The number of hydrogen-bond donors (Lipinski definition) is 1. The number of aromatic nitrogens is 1. The largest absolute Gasteiger partial charge is 0.465 e. The zero-order chi connectivity index (χ0) is 24.7. The summed E-state index contributed by atoms with van der Waals surface area (Å²) >= 11 is 0. The molecule has 0 bridgehead atoms. The minimum absolute atomic E-state index is 0.0673. The molecule has 1 heterocycles. The molecule has 6 nitrogen and oxygen atoms in total. The van der Waals surface area contributed by atoms with Crippen LogP contribution in [0.2, 0.25) is 0 Å². The number of methoxy groups -OCH3 is 1. The highest BCUT2D eigenvalue weighted by atomic mass is 16.5. The highest BCUT2D eigenvalue weighted by molar-refractivity contribution is 6.01. The Kier molecular flexibility index (Phi) is 8.05. The molecule has 0 radical (unpaired) electrons. The molecule has 34 heavy (non-hydrogen) atoms. The molecule has 0 spiro atoms. The van der Waals surface area contributed by atoms with Crippen molar-refractivity contribution >= 4 is 18.0 Å². The van der Waals surface area contributed by atoms with Gasteiger partial charge in [0, 0.05) is 23.6 Å². The van der Waals surface area contributed by atoms with E-state index in [9.17, 15) is 14.9 Å². The zero-order valence-electron chi connectivity index (χ0n) is 20.0. The number of hydrogen-bond acceptors (Lipinski definition) is 4. The van der Waals surface area contributed by atoms with Gasteiger partial charge in [0.05, 0.1) is 12.7 Å². The number of carbonyl (C=O) groups is 2. The van der Waals surface area contributed by atoms with Gasteiger partial charge in [0.1, 0.15) is 11.6 Å². The van der Waals surface area contributed by atoms with Gasteiger partial charge in [-0.2, -0.15) is 5.26 Å². The zero-order valence-corrected chi connectivity index (χ0v) is 20.0. The first kappa shape index (κ1) is 24.5. The van der Waals surface area contributed by atoms with Crippen LogP contribution < -0.4 is 5.32 Å². The second-order valence-electron chi connectivity index (χ2n) is 8.17. The summed E-state index contributed by atoms with van der Waals surface area (Å²) in [5, 5.41) is 12.4. The van der Waals surface area contributed by atoms with E-state index in [0.29, 0.717) is 12.1 Å². The Morgan fingerprint density at radius 1 is 1.09 bits per heavy atom. The summed E-state index contributed by atoms with van der Waals surface area (Å²) in [7, 11) is 1.36. The second-order valence-corrected chi connectivity index (χ2v) is 8.17. The van der Waals surface area contributed by atoms with E-state index in [2.05, 4.69) is 22.0 Å². The van der Waals surface area contributed by atoms with Gasteiger partial charge in [0.2, 0.25) is 0 Å². The number of rotatable bonds is 8. The van der Waals surface area contributed by atoms with E-state index in [1.165, 1.54) is 12.7 Å². The van der Waals surface area contributed by atoms with Crippen molar-refractivity contribution in [1.29, 1.82) is 5.26 Å². The number of esters is 1. The maximum Gasteiger partial charge on any atom is 0.337 e. The fourth-order valence-electron chi connectivity index (χ4n) is 3.99. The lowest BCUT2D eigenvalue weighted by atomic mass is 10.1. The molecule has 0 aliphatic rings. The molecule has 0 unspecified atom stereocenters. The monoisotopic (exact) mass is 455 g/mol. The highest BCUT2D eigenvalue weighted by Gasteiger charge is 2.16. The first-order valence-electron chi connectivity index (χ1n) is 11.2. The van der Waals surface area contributed by atoms with Crippen molar-refractivity contribution in [3.05, 3.63) is 93.8 Å². The van der Waals surface area contributed by atoms with Crippen molar-refractivity contribution < 1.29 is 14.3 Å². The number of ether oxygens (including phenoxy) is 1. The lowest BCUT2D eigenvalue weighted by Crippen LogP contribution is -2.25. The Morgan fingerprint density at radius 2 is 1.82 bits per heavy atom. The van der Waals surface area contributed by atoms with Crippen LogP contribution in [0, 0.1) is 32.1 Å². The number of aryl methyl sites for hydroxylation is 3. The summed E-state index contributed by atoms with van der Waals surface area (Å²) in [6.45, 7) is 6.34. The van der Waals surface area contributed by atoms with Crippen LogP contribution in [0.15, 0.2) is 60.2 Å². The average molecular weight is 456 g/mol. The lowest BCUT2D eigenvalue weighted by molar-refractivity contribution is -0.117. The van der Waals surface area contributed by atoms with E-state index in [0.717, 1.165) is 41.0 Å². The Bertz CT molecular complexity index is 1260. The number of carbonyl (C=O) groups excluding carboxylic acids is 2. The SMILES string of the molecule is COC(=O)c1ccc(-n2c(C)cc(/C=C(/C#N)C(=O)NCCCc3ccccc3)c2C)c(C)c1. The topological polar surface area (TPSA) is 84.1 Å². The molecule has 0 aliphatic heterocycles. The van der Waals surface area contributed by atoms with Crippen molar-refractivity contribution in [2.75, 3.05) is 13.7 Å². The van der Waals surface area contributed by atoms with Crippen molar-refractivity contribution in [3.63, 3.8) is 0 Å². The van der Waals surface area contributed by atoms with Gasteiger partial charge in [0.25, 0.3) is 5.91 Å². The smallest absolute Gasteiger partial charge is 0.337 e. The van der Waals surface area contributed by atoms with E-state index in [1.807, 2.05) is 57.2 Å². The summed E-state index contributed by atoms with van der Waals surface area (Å²) in [5.41, 5.74) is 6.26. The minimum atomic E-state index is -0.382. The first-order valence-corrected chi connectivity index (χ1v) is 11.2. The molecular formula is C28H29N3O3. The number of amides is 1. The summed E-state index contributed by atoms with van der Waals surface area (Å²) in [5.74, 6) is -0.758. The lowest BCUT2D eigenvalue weighted by Gasteiger charge is -2.14. The van der Waals surface area contributed by atoms with Gasteiger partial charge < -0.3 is 14.6 Å². The van der Waals surface area contributed by atoms with Crippen LogP contribution in [0.3, 0.4) is 0 Å². The third-order valence-electron chi connectivity index (χ3n) is 5.76. The molecule has 1 aromatic heterocycles. The van der Waals surface area contributed by atoms with Crippen molar-refractivity contribution in [1.82, 2.24) is 9.88 Å². The van der Waals surface area contributed by atoms with Gasteiger partial charge >= 0.3 is 5.97 Å². The molecular weight excluding hydrogens is 426 g/mol. The predicted octanol–water partition coefficient (Wildman–Crippen LogP) is 4.85. The van der Waals surface area contributed by atoms with Crippen LogP contribution in [0.5, 0.6) is 0 Å². The van der Waals surface area contributed by atoms with Gasteiger partial charge in [-0.1, -0.05) is 30.3 Å². The molecule has 0 saturated carbocycles. The standard InChI is InChI=1S/C28H29N3O3/c1-19-15-23(28(33)34-4)12-13-26(19)31-20(2)16-24(21(31)3)17-25(18-29)27(32)30-14-8-11-22-9-6-5-7-10-22/h5-7,9-10,12-13,15-17H,8,11,14H2,1-4H3,(H,30,32)/b25-17-. The number of nitriles is 1. The molecule has 0 saturated heterocycles. The fraction of sp³-hybridized carbons (Fsp3) is 0.250. The van der Waals surface area contributed by atoms with Crippen molar-refractivity contribution in [2.45, 2.75) is 33.6 Å². The van der Waals surface area contributed by atoms with E-state index in [4.69, 9.17) is 4.74 Å². The predicted molar refractivity (Wildman–Crippen MR) is 133 cm³/mol. The van der Waals surface area contributed by atoms with Crippen LogP contribution in [0.4, 0.5) is 0 Å². The Labute approximate surface area is 200 Å². The average Bonchev–Trinajstić information content (AvgIpc) is 3.12. The van der Waals surface area contributed by atoms with Crippen LogP contribution in [-0.2, 0) is 16.0 Å². The molecule has 3 aromatic rings. The van der Waals surface area contributed by atoms with Gasteiger partial charge in [-0.3, -0.25) is 4.79 Å². The normalized spacial score (nSPS) is 11.1. The molecule has 0 aliphatic carbocycles. The van der Waals surface area contributed by atoms with E-state index >= 15 is 0 Å². The molecule has 1 amide bonds. The molecule has 0 atom stereocenters. The first-order chi connectivity index (χ1) is 16.3. The van der Waals surface area contributed by atoms with E-state index < -0.39 is 0 Å². The van der Waals surface area contributed by atoms with Gasteiger partial charge in [-0.15, -0.1) is 0 Å². The molecule has 174 valence electrons. The van der Waals surface area contributed by atoms with Crippen LogP contribution in [0.25, 0.3) is 11.8 Å². The molecule has 6 heteroatoms. The number of nitrogens with one attached hydrogen (secondary N) is 1. The van der Waals surface area contributed by atoms with Crippen LogP contribution in [0.1, 0.15) is 44.9 Å². The Balaban J connectivity index is 1.76. The minimum Gasteiger partial charge on any atom is -0.465 e. The summed E-state index contributed by atoms with van der Waals surface area (Å²) in [4.78, 5) is 24.4. The quantitative estimate of drug-likeness (QED) is 0.228. The Hall–Kier alpha value is -4.11. The maximum absolute atomic E-state index is 12.6.